The van der Waals surface area contributed by atoms with Crippen LogP contribution in [-0.4, -0.2) is 9.55 Å². The van der Waals surface area contributed by atoms with Gasteiger partial charge in [0.05, 0.1) is 23.6 Å². The summed E-state index contributed by atoms with van der Waals surface area (Å²) in [5.41, 5.74) is 0.562. The number of unbranched alkanes of at least 4 members (excludes halogenated alkanes) is 1. The summed E-state index contributed by atoms with van der Waals surface area (Å²) < 4.78 is 1.19. The third-order valence-electron chi connectivity index (χ3n) is 3.90. The van der Waals surface area contributed by atoms with Crippen molar-refractivity contribution in [2.45, 2.75) is 32.7 Å². The van der Waals surface area contributed by atoms with Crippen LogP contribution < -0.4 is 11.2 Å². The molecule has 0 amide bonds. The molecule has 0 aliphatic heterocycles. The van der Waals surface area contributed by atoms with E-state index in [1.807, 2.05) is 6.07 Å². The standard InChI is InChI=1S/C18H17N3O2S/c1-2-3-7-14-9-15-16(24-14)20-18(23)21(17(15)22)11-13-6-4-5-12(8-13)10-19/h4-6,8-9H,2-3,7,11H2,1H3,(H,20,23). The number of nitrogens with zero attached hydrogens (tertiary/aromatic N) is 2. The average molecular weight is 339 g/mol. The Morgan fingerprint density at radius 2 is 2.12 bits per heavy atom. The van der Waals surface area contributed by atoms with E-state index in [2.05, 4.69) is 18.0 Å². The van der Waals surface area contributed by atoms with Gasteiger partial charge in [0.25, 0.3) is 5.56 Å². The van der Waals surface area contributed by atoms with Gasteiger partial charge in [0.15, 0.2) is 0 Å². The number of H-pyrrole nitrogens is 1. The highest BCUT2D eigenvalue weighted by atomic mass is 32.1. The van der Waals surface area contributed by atoms with E-state index >= 15 is 0 Å². The number of fused-ring (bicyclic) bond motifs is 1. The van der Waals surface area contributed by atoms with Crippen LogP contribution in [0.5, 0.6) is 0 Å². The fourth-order valence-electron chi connectivity index (χ4n) is 2.64. The number of hydrogen-bond donors (Lipinski definition) is 1. The second kappa shape index (κ2) is 6.85. The van der Waals surface area contributed by atoms with Crippen LogP contribution in [0.15, 0.2) is 39.9 Å². The molecule has 0 fully saturated rings. The van der Waals surface area contributed by atoms with Crippen LogP contribution in [0.3, 0.4) is 0 Å². The lowest BCUT2D eigenvalue weighted by Gasteiger charge is -2.05. The SMILES string of the molecule is CCCCc1cc2c(=O)n(Cc3cccc(C#N)c3)c(=O)[nH]c2s1. The summed E-state index contributed by atoms with van der Waals surface area (Å²) in [4.78, 5) is 29.5. The molecule has 2 heterocycles. The Hall–Kier alpha value is -2.65. The maximum Gasteiger partial charge on any atom is 0.329 e. The zero-order chi connectivity index (χ0) is 17.1. The molecule has 0 unspecified atom stereocenters. The van der Waals surface area contributed by atoms with Crippen molar-refractivity contribution < 1.29 is 0 Å². The number of hydrogen-bond acceptors (Lipinski definition) is 4. The van der Waals surface area contributed by atoms with E-state index in [-0.39, 0.29) is 12.1 Å². The van der Waals surface area contributed by atoms with Gasteiger partial charge in [-0.3, -0.25) is 14.3 Å². The highest BCUT2D eigenvalue weighted by molar-refractivity contribution is 7.18. The molecule has 6 heteroatoms. The van der Waals surface area contributed by atoms with Gasteiger partial charge in [-0.1, -0.05) is 25.5 Å². The molecule has 0 radical (unpaired) electrons. The Balaban J connectivity index is 2.03. The minimum absolute atomic E-state index is 0.153. The Bertz CT molecular complexity index is 1040. The summed E-state index contributed by atoms with van der Waals surface area (Å²) >= 11 is 1.47. The fourth-order valence-corrected chi connectivity index (χ4v) is 3.72. The van der Waals surface area contributed by atoms with Gasteiger partial charge in [0, 0.05) is 4.88 Å². The number of nitriles is 1. The second-order valence-corrected chi connectivity index (χ2v) is 6.83. The fraction of sp³-hybridized carbons (Fsp3) is 0.278. The molecule has 1 aromatic carbocycles. The lowest BCUT2D eigenvalue weighted by atomic mass is 10.1. The van der Waals surface area contributed by atoms with Crippen molar-refractivity contribution in [1.82, 2.24) is 9.55 Å². The van der Waals surface area contributed by atoms with Crippen molar-refractivity contribution in [3.8, 4) is 6.07 Å². The minimum Gasteiger partial charge on any atom is -0.298 e. The van der Waals surface area contributed by atoms with Gasteiger partial charge in [-0.2, -0.15) is 5.26 Å². The minimum atomic E-state index is -0.418. The Labute approximate surface area is 142 Å². The molecular weight excluding hydrogens is 322 g/mol. The van der Waals surface area contributed by atoms with Gasteiger partial charge >= 0.3 is 5.69 Å². The van der Waals surface area contributed by atoms with Gasteiger partial charge < -0.3 is 0 Å². The molecule has 2 aromatic heterocycles. The molecule has 3 aromatic rings. The van der Waals surface area contributed by atoms with Crippen molar-refractivity contribution in [2.24, 2.45) is 0 Å². The third kappa shape index (κ3) is 3.17. The summed E-state index contributed by atoms with van der Waals surface area (Å²) in [6, 6.07) is 10.9. The number of aromatic amines is 1. The maximum atomic E-state index is 12.7. The number of thiophene rings is 1. The molecule has 122 valence electrons. The summed E-state index contributed by atoms with van der Waals surface area (Å²) in [7, 11) is 0. The van der Waals surface area contributed by atoms with E-state index in [9.17, 15) is 9.59 Å². The summed E-state index contributed by atoms with van der Waals surface area (Å²) in [5, 5.41) is 9.52. The van der Waals surface area contributed by atoms with Crippen molar-refractivity contribution in [3.05, 3.63) is 67.2 Å². The largest absolute Gasteiger partial charge is 0.329 e. The molecule has 3 rings (SSSR count). The van der Waals surface area contributed by atoms with Crippen LogP contribution in [0, 0.1) is 11.3 Å². The lowest BCUT2D eigenvalue weighted by molar-refractivity contribution is 0.712. The Morgan fingerprint density at radius 1 is 1.29 bits per heavy atom. The Kier molecular flexibility index (Phi) is 4.63. The van der Waals surface area contributed by atoms with E-state index < -0.39 is 5.69 Å². The highest BCUT2D eigenvalue weighted by Crippen LogP contribution is 2.22. The summed E-state index contributed by atoms with van der Waals surface area (Å²) in [6.45, 7) is 2.28. The van der Waals surface area contributed by atoms with Gasteiger partial charge in [-0.15, -0.1) is 11.3 Å². The predicted octanol–water partition coefficient (Wildman–Crippen LogP) is 3.01. The molecule has 0 spiro atoms. The molecular formula is C18H17N3O2S. The second-order valence-electron chi connectivity index (χ2n) is 5.69. The van der Waals surface area contributed by atoms with E-state index in [0.717, 1.165) is 29.7 Å². The normalized spacial score (nSPS) is 10.8. The molecule has 24 heavy (non-hydrogen) atoms. The zero-order valence-corrected chi connectivity index (χ0v) is 14.2. The van der Waals surface area contributed by atoms with Gasteiger partial charge in [0.2, 0.25) is 0 Å². The first kappa shape index (κ1) is 16.2. The van der Waals surface area contributed by atoms with Crippen LogP contribution in [-0.2, 0) is 13.0 Å². The lowest BCUT2D eigenvalue weighted by Crippen LogP contribution is -2.34. The quantitative estimate of drug-likeness (QED) is 0.776. The van der Waals surface area contributed by atoms with Crippen LogP contribution in [0.4, 0.5) is 0 Å². The first-order valence-corrected chi connectivity index (χ1v) is 8.68. The topological polar surface area (TPSA) is 78.7 Å². The van der Waals surface area contributed by atoms with Crippen LogP contribution in [0.1, 0.15) is 35.8 Å². The number of rotatable bonds is 5. The van der Waals surface area contributed by atoms with Crippen LogP contribution in [0.2, 0.25) is 0 Å². The van der Waals surface area contributed by atoms with Crippen molar-refractivity contribution in [2.75, 3.05) is 0 Å². The van der Waals surface area contributed by atoms with E-state index in [0.29, 0.717) is 15.8 Å². The van der Waals surface area contributed by atoms with E-state index in [1.165, 1.54) is 15.9 Å². The van der Waals surface area contributed by atoms with Crippen molar-refractivity contribution in [1.29, 1.82) is 5.26 Å². The molecule has 1 N–H and O–H groups in total. The number of benzene rings is 1. The van der Waals surface area contributed by atoms with Crippen molar-refractivity contribution in [3.63, 3.8) is 0 Å². The molecule has 5 nitrogen and oxygen atoms in total. The number of nitrogens with one attached hydrogen (secondary N) is 1. The average Bonchev–Trinajstić information content (AvgIpc) is 3.00. The number of aromatic nitrogens is 2. The molecule has 0 saturated carbocycles. The van der Waals surface area contributed by atoms with E-state index in [1.54, 1.807) is 24.3 Å². The molecule has 0 bridgehead atoms. The third-order valence-corrected chi connectivity index (χ3v) is 5.01. The molecule has 0 atom stereocenters. The van der Waals surface area contributed by atoms with Gasteiger partial charge in [-0.05, 0) is 36.6 Å². The van der Waals surface area contributed by atoms with E-state index in [4.69, 9.17) is 5.26 Å². The highest BCUT2D eigenvalue weighted by Gasteiger charge is 2.12. The zero-order valence-electron chi connectivity index (χ0n) is 13.3. The van der Waals surface area contributed by atoms with Crippen LogP contribution >= 0.6 is 11.3 Å². The van der Waals surface area contributed by atoms with Gasteiger partial charge in [0.1, 0.15) is 4.83 Å². The van der Waals surface area contributed by atoms with Crippen molar-refractivity contribution >= 4 is 21.6 Å². The van der Waals surface area contributed by atoms with Crippen LogP contribution in [0.25, 0.3) is 10.2 Å². The first-order valence-electron chi connectivity index (χ1n) is 7.87. The van der Waals surface area contributed by atoms with Gasteiger partial charge in [-0.25, -0.2) is 4.79 Å². The molecule has 0 aliphatic carbocycles. The predicted molar refractivity (Wildman–Crippen MR) is 95.6 cm³/mol. The summed E-state index contributed by atoms with van der Waals surface area (Å²) in [5.74, 6) is 0. The smallest absolute Gasteiger partial charge is 0.298 e. The Morgan fingerprint density at radius 3 is 2.88 bits per heavy atom. The maximum absolute atomic E-state index is 12.7. The number of aryl methyl sites for hydroxylation is 1. The monoisotopic (exact) mass is 339 g/mol. The summed E-state index contributed by atoms with van der Waals surface area (Å²) in [6.07, 6.45) is 3.07. The molecule has 0 saturated heterocycles. The first-order chi connectivity index (χ1) is 11.6. The molecule has 0 aliphatic rings.